The highest BCUT2D eigenvalue weighted by Crippen LogP contribution is 2.42. The van der Waals surface area contributed by atoms with Crippen LogP contribution >= 0.6 is 7.82 Å². The minimum absolute atomic E-state index is 0.0800. The van der Waals surface area contributed by atoms with Crippen molar-refractivity contribution in [1.29, 1.82) is 0 Å². The number of carbonyl (C=O) groups is 2. The van der Waals surface area contributed by atoms with Gasteiger partial charge in [-0.1, -0.05) is 184 Å². The number of nitrogens with one attached hydrogen (secondary N) is 1. The lowest BCUT2D eigenvalue weighted by Gasteiger charge is -2.15. The van der Waals surface area contributed by atoms with E-state index in [9.17, 15) is 24.2 Å². The highest BCUT2D eigenvalue weighted by Gasteiger charge is 2.23. The van der Waals surface area contributed by atoms with Gasteiger partial charge < -0.3 is 20.1 Å². The van der Waals surface area contributed by atoms with Gasteiger partial charge in [-0.15, -0.1) is 0 Å². The fourth-order valence-corrected chi connectivity index (χ4v) is 7.38. The lowest BCUT2D eigenvalue weighted by Crippen LogP contribution is -2.27. The van der Waals surface area contributed by atoms with E-state index in [4.69, 9.17) is 13.8 Å². The van der Waals surface area contributed by atoms with Crippen molar-refractivity contribution in [3.63, 3.8) is 0 Å². The fraction of sp³-hybridized carbons (Fsp3) is 0.796. The normalized spacial score (nSPS) is 13.6. The second-order valence-corrected chi connectivity index (χ2v) is 17.5. The zero-order chi connectivity index (χ0) is 43.2. The molecule has 2 unspecified atom stereocenters. The Morgan fingerprint density at radius 3 is 1.47 bits per heavy atom. The summed E-state index contributed by atoms with van der Waals surface area (Å²) in [5.41, 5.74) is 0. The van der Waals surface area contributed by atoms with Crippen molar-refractivity contribution in [2.24, 2.45) is 0 Å². The van der Waals surface area contributed by atoms with Crippen LogP contribution in [0.2, 0.25) is 0 Å². The summed E-state index contributed by atoms with van der Waals surface area (Å²) in [5.74, 6) is -0.524. The quantitative estimate of drug-likeness (QED) is 0.0239. The molecule has 344 valence electrons. The number of hydrogen-bond donors (Lipinski definition) is 3. The number of aliphatic hydroxyl groups excluding tert-OH is 1. The van der Waals surface area contributed by atoms with Crippen LogP contribution in [-0.2, 0) is 27.9 Å². The zero-order valence-electron chi connectivity index (χ0n) is 37.9. The molecule has 0 fully saturated rings. The van der Waals surface area contributed by atoms with Crippen LogP contribution in [0.3, 0.4) is 0 Å². The maximum atomic E-state index is 12.1. The summed E-state index contributed by atoms with van der Waals surface area (Å²) in [6.07, 6.45) is 53.3. The molecule has 9 nitrogen and oxygen atoms in total. The Balaban J connectivity index is 3.57. The predicted octanol–water partition coefficient (Wildman–Crippen LogP) is 13.9. The smallest absolute Gasteiger partial charge is 0.463 e. The molecule has 0 saturated carbocycles. The van der Waals surface area contributed by atoms with Crippen molar-refractivity contribution in [3.05, 3.63) is 48.6 Å². The summed E-state index contributed by atoms with van der Waals surface area (Å²) in [7, 11) is -4.42. The number of esters is 1. The van der Waals surface area contributed by atoms with Gasteiger partial charge in [-0.3, -0.25) is 18.6 Å². The second-order valence-electron chi connectivity index (χ2n) is 16.0. The predicted molar refractivity (Wildman–Crippen MR) is 247 cm³/mol. The van der Waals surface area contributed by atoms with E-state index in [1.54, 1.807) is 0 Å². The molecule has 0 spiro atoms. The van der Waals surface area contributed by atoms with Gasteiger partial charge in [0.25, 0.3) is 0 Å². The molecule has 0 bridgehead atoms. The number of carbonyl (C=O) groups excluding carboxylic acids is 2. The van der Waals surface area contributed by atoms with E-state index in [-0.39, 0.29) is 32.1 Å². The Morgan fingerprint density at radius 1 is 0.542 bits per heavy atom. The molecule has 0 aromatic rings. The summed E-state index contributed by atoms with van der Waals surface area (Å²) < 4.78 is 26.9. The van der Waals surface area contributed by atoms with Crippen LogP contribution in [0, 0.1) is 0 Å². The molecule has 0 rings (SSSR count). The molecule has 10 heteroatoms. The molecule has 59 heavy (non-hydrogen) atoms. The van der Waals surface area contributed by atoms with E-state index < -0.39 is 26.5 Å². The molecule has 2 atom stereocenters. The van der Waals surface area contributed by atoms with E-state index in [1.807, 2.05) is 0 Å². The van der Waals surface area contributed by atoms with E-state index in [0.717, 1.165) is 70.6 Å². The lowest BCUT2D eigenvalue weighted by molar-refractivity contribution is -0.147. The van der Waals surface area contributed by atoms with Gasteiger partial charge >= 0.3 is 13.8 Å². The topological polar surface area (TPSA) is 131 Å². The molecule has 3 N–H and O–H groups in total. The number of ether oxygens (including phenoxy) is 1. The maximum Gasteiger partial charge on any atom is 0.472 e. The van der Waals surface area contributed by atoms with E-state index in [1.165, 1.54) is 122 Å². The van der Waals surface area contributed by atoms with Crippen molar-refractivity contribution in [2.45, 2.75) is 225 Å². The number of aliphatic hydroxyl groups is 1. The number of phosphoric ester groups is 1. The molecular formula is C49H90NO8P. The summed E-state index contributed by atoms with van der Waals surface area (Å²) in [6.45, 7) is 3.45. The van der Waals surface area contributed by atoms with Gasteiger partial charge in [0.05, 0.1) is 13.2 Å². The molecule has 0 heterocycles. The Hall–Kier alpha value is -2.03. The average Bonchev–Trinajstić information content (AvgIpc) is 3.22. The van der Waals surface area contributed by atoms with Gasteiger partial charge in [-0.2, -0.15) is 0 Å². The number of unbranched alkanes of at least 4 members (excludes halogenated alkanes) is 24. The monoisotopic (exact) mass is 852 g/mol. The highest BCUT2D eigenvalue weighted by molar-refractivity contribution is 7.47. The van der Waals surface area contributed by atoms with Crippen molar-refractivity contribution in [1.82, 2.24) is 5.32 Å². The zero-order valence-corrected chi connectivity index (χ0v) is 38.8. The largest absolute Gasteiger partial charge is 0.472 e. The number of phosphoric acid groups is 1. The van der Waals surface area contributed by atoms with Gasteiger partial charge in [-0.05, 0) is 70.6 Å². The lowest BCUT2D eigenvalue weighted by atomic mass is 10.0. The van der Waals surface area contributed by atoms with Crippen LogP contribution in [0.25, 0.3) is 0 Å². The third kappa shape index (κ3) is 46.9. The Kier molecular flexibility index (Phi) is 43.9. The van der Waals surface area contributed by atoms with Crippen molar-refractivity contribution in [3.8, 4) is 0 Å². The van der Waals surface area contributed by atoms with Gasteiger partial charge in [0.15, 0.2) is 0 Å². The first kappa shape index (κ1) is 57.0. The van der Waals surface area contributed by atoms with Gasteiger partial charge in [0.2, 0.25) is 5.91 Å². The molecule has 0 aliphatic carbocycles. The molecular weight excluding hydrogens is 762 g/mol. The van der Waals surface area contributed by atoms with E-state index >= 15 is 0 Å². The third-order valence-corrected chi connectivity index (χ3v) is 11.2. The van der Waals surface area contributed by atoms with E-state index in [2.05, 4.69) is 67.8 Å². The number of amides is 1. The molecule has 1 amide bonds. The average molecular weight is 852 g/mol. The van der Waals surface area contributed by atoms with Crippen molar-refractivity contribution in [2.75, 3.05) is 26.4 Å². The Labute approximate surface area is 362 Å². The minimum atomic E-state index is -4.42. The number of allylic oxidation sites excluding steroid dienone is 8. The van der Waals surface area contributed by atoms with E-state index in [0.29, 0.717) is 6.42 Å². The Morgan fingerprint density at radius 2 is 0.966 bits per heavy atom. The third-order valence-electron chi connectivity index (χ3n) is 10.2. The number of hydrogen-bond acceptors (Lipinski definition) is 7. The first-order valence-corrected chi connectivity index (χ1v) is 25.6. The van der Waals surface area contributed by atoms with Crippen LogP contribution in [0.5, 0.6) is 0 Å². The van der Waals surface area contributed by atoms with Crippen LogP contribution in [0.15, 0.2) is 48.6 Å². The molecule has 0 aromatic carbocycles. The van der Waals surface area contributed by atoms with Crippen LogP contribution in [0.4, 0.5) is 0 Å². The standard InChI is InChI=1S/C49H90NO8P/c1-3-5-7-9-11-13-15-17-19-21-22-23-24-26-27-29-31-33-35-37-39-41-48(52)50-43-44-57-59(54,55)58-46-47(51)45-56-49(53)42-40-38-36-34-32-30-28-25-20-18-16-14-12-10-8-6-4-2/h6,8,12,14,17-20,47,51H,3-5,7,9-11,13,15-16,21-46H2,1-2H3,(H,50,52)(H,54,55)/b8-6-,14-12-,19-17+,20-18-. The summed E-state index contributed by atoms with van der Waals surface area (Å²) in [5, 5.41) is 12.7. The summed E-state index contributed by atoms with van der Waals surface area (Å²) in [4.78, 5) is 34.0. The SMILES string of the molecule is CC/C=C\C/C=C\C/C=C\CCCCCCCCCC(=O)OCC(O)COP(=O)(O)OCCNC(=O)CCCCCCCCCCCCC/C=C/CCCCCCCC. The second kappa shape index (κ2) is 45.5. The van der Waals surface area contributed by atoms with Gasteiger partial charge in [0.1, 0.15) is 12.7 Å². The molecule has 0 aliphatic rings. The molecule has 0 aliphatic heterocycles. The summed E-state index contributed by atoms with van der Waals surface area (Å²) >= 11 is 0. The van der Waals surface area contributed by atoms with Crippen molar-refractivity contribution < 1.29 is 37.9 Å². The maximum absolute atomic E-state index is 12.1. The van der Waals surface area contributed by atoms with Crippen LogP contribution in [0.1, 0.15) is 219 Å². The first-order valence-electron chi connectivity index (χ1n) is 24.1. The van der Waals surface area contributed by atoms with Gasteiger partial charge in [-0.25, -0.2) is 4.57 Å². The molecule has 0 radical (unpaired) electrons. The fourth-order valence-electron chi connectivity index (χ4n) is 6.63. The molecule has 0 aromatic heterocycles. The highest BCUT2D eigenvalue weighted by atomic mass is 31.2. The van der Waals surface area contributed by atoms with Crippen LogP contribution in [-0.4, -0.2) is 54.3 Å². The first-order chi connectivity index (χ1) is 28.8. The summed E-state index contributed by atoms with van der Waals surface area (Å²) in [6, 6.07) is 0. The van der Waals surface area contributed by atoms with Crippen molar-refractivity contribution >= 4 is 19.7 Å². The van der Waals surface area contributed by atoms with Crippen LogP contribution < -0.4 is 5.32 Å². The Bertz CT molecular complexity index is 1110. The minimum Gasteiger partial charge on any atom is -0.463 e. The molecule has 0 saturated heterocycles. The number of rotatable bonds is 45. The van der Waals surface area contributed by atoms with Gasteiger partial charge in [0, 0.05) is 19.4 Å².